The summed E-state index contributed by atoms with van der Waals surface area (Å²) in [6, 6.07) is 0. The van der Waals surface area contributed by atoms with E-state index in [1.54, 1.807) is 13.8 Å². The molecule has 0 aromatic carbocycles. The quantitative estimate of drug-likeness (QED) is 0.0137. The van der Waals surface area contributed by atoms with Crippen LogP contribution >= 0.6 is 34.7 Å². The van der Waals surface area contributed by atoms with Crippen LogP contribution in [0.2, 0.25) is 0 Å². The second-order valence-electron chi connectivity index (χ2n) is 33.6. The van der Waals surface area contributed by atoms with Crippen molar-refractivity contribution in [2.75, 3.05) is 158 Å². The van der Waals surface area contributed by atoms with Crippen molar-refractivity contribution in [3.05, 3.63) is 133 Å². The van der Waals surface area contributed by atoms with E-state index in [-0.39, 0.29) is 141 Å². The number of fused-ring (bicyclic) bond motifs is 3. The summed E-state index contributed by atoms with van der Waals surface area (Å²) in [6.07, 6.45) is -27.5. The third kappa shape index (κ3) is 26.5. The van der Waals surface area contributed by atoms with Crippen LogP contribution < -0.4 is 62.2 Å². The first-order valence-corrected chi connectivity index (χ1v) is 56.6. The lowest BCUT2D eigenvalue weighted by molar-refractivity contribution is -0.0843. The number of H-pyrrole nitrogens is 4. The SMILES string of the molecule is CC[C@H]1O[C@@H](n2cnc3c(=O)[nH]c(N)nc32)CC1OP(O)(=S)OC[C@H]1O[C@@H](n2cnc3c(=O)[nH]c(N)nc32)[C@@H](OCCOC)C1OP(O)(=S)OC[C@H]1O[C@@H](n2cnc3c(N)ncnc32)[C@@H](OCCOC)C1OP(=O)(O)OC[C@H]1O[C@@H](n2cc(C)c(=O)[nH]c2=O)[C@@H](OCCOC)C1OP(O)(=S)OC[C@H]1O[C@@H](n2cc(C)c(=O)[nH]c2=O)[C@@H](OCCOC)C1OP(O)(=S)OC[C@H]1O[C@@H](n2cc(C)c(N)nc2=O)[C@@H](OCCOC)C1O. The van der Waals surface area contributed by atoms with E-state index in [0.717, 1.165) is 32.4 Å². The van der Waals surface area contributed by atoms with Crippen LogP contribution in [-0.2, 0) is 173 Å². The summed E-state index contributed by atoms with van der Waals surface area (Å²) in [6.45, 7) is -20.2. The van der Waals surface area contributed by atoms with E-state index in [2.05, 4.69) is 59.8 Å². The molecule has 9 aromatic heterocycles. The highest BCUT2D eigenvalue weighted by molar-refractivity contribution is 8.08. The maximum Gasteiger partial charge on any atom is 0.472 e. The molecule has 147 heavy (non-hydrogen) atoms. The molecular formula is C76H109N22O40P5S4. The van der Waals surface area contributed by atoms with Crippen molar-refractivity contribution in [3.63, 3.8) is 0 Å². The molecule has 0 saturated carbocycles. The van der Waals surface area contributed by atoms with Gasteiger partial charge in [0.1, 0.15) is 115 Å². The van der Waals surface area contributed by atoms with Crippen molar-refractivity contribution < 1.29 is 155 Å². The first-order chi connectivity index (χ1) is 70.0. The van der Waals surface area contributed by atoms with Crippen LogP contribution in [0, 0.1) is 20.8 Å². The summed E-state index contributed by atoms with van der Waals surface area (Å²) in [5.74, 6) is -0.750. The lowest BCUT2D eigenvalue weighted by Crippen LogP contribution is -2.42. The number of anilines is 4. The Morgan fingerprint density at radius 3 is 1.18 bits per heavy atom. The molecule has 62 nitrogen and oxygen atoms in total. The Balaban J connectivity index is 0.721. The van der Waals surface area contributed by atoms with Gasteiger partial charge in [0.2, 0.25) is 11.9 Å². The number of imidazole rings is 3. The lowest BCUT2D eigenvalue weighted by Gasteiger charge is -2.30. The van der Waals surface area contributed by atoms with Crippen molar-refractivity contribution in [2.24, 2.45) is 0 Å². The van der Waals surface area contributed by atoms with E-state index in [1.807, 2.05) is 0 Å². The number of hydrogen-bond acceptors (Lipinski definition) is 51. The van der Waals surface area contributed by atoms with Crippen molar-refractivity contribution in [1.29, 1.82) is 0 Å². The predicted molar refractivity (Wildman–Crippen MR) is 517 cm³/mol. The zero-order chi connectivity index (χ0) is 106. The van der Waals surface area contributed by atoms with Crippen LogP contribution in [0.25, 0.3) is 33.5 Å². The highest BCUT2D eigenvalue weighted by Crippen LogP contribution is 2.58. The van der Waals surface area contributed by atoms with Gasteiger partial charge in [0, 0.05) is 77.3 Å². The topological polar surface area (TPSA) is 798 Å². The second-order valence-corrected chi connectivity index (χ2v) is 46.1. The third-order valence-corrected chi connectivity index (χ3v) is 31.0. The molecule has 6 aliphatic rings. The highest BCUT2D eigenvalue weighted by atomic mass is 32.5. The number of rotatable bonds is 52. The van der Waals surface area contributed by atoms with Crippen LogP contribution in [0.4, 0.5) is 23.5 Å². The number of phosphoric ester groups is 1. The average Bonchev–Trinajstić information content (AvgIpc) is 1.60. The molecule has 812 valence electrons. The Hall–Kier alpha value is -7.76. The molecule has 15 heterocycles. The number of nitrogen functional groups attached to an aromatic ring is 4. The number of aromatic nitrogens is 18. The number of hydrogen-bond donors (Lipinski definition) is 14. The first kappa shape index (κ1) is 113. The highest BCUT2D eigenvalue weighted by Gasteiger charge is 2.58. The van der Waals surface area contributed by atoms with Gasteiger partial charge in [-0.25, -0.2) is 43.9 Å². The molecule has 6 fully saturated rings. The maximum absolute atomic E-state index is 15.5. The fourth-order valence-electron chi connectivity index (χ4n) is 16.9. The van der Waals surface area contributed by atoms with Gasteiger partial charge in [0.15, 0.2) is 64.9 Å². The van der Waals surface area contributed by atoms with Crippen molar-refractivity contribution in [3.8, 4) is 0 Å². The van der Waals surface area contributed by atoms with Gasteiger partial charge < -0.3 is 151 Å². The van der Waals surface area contributed by atoms with Crippen LogP contribution in [0.5, 0.6) is 0 Å². The van der Waals surface area contributed by atoms with Gasteiger partial charge in [-0.3, -0.25) is 89.1 Å². The first-order valence-electron chi connectivity index (χ1n) is 44.8. The molecule has 0 amide bonds. The molecule has 0 bridgehead atoms. The van der Waals surface area contributed by atoms with E-state index in [1.165, 1.54) is 88.3 Å². The number of methoxy groups -OCH3 is 5. The summed E-state index contributed by atoms with van der Waals surface area (Å²) in [4.78, 5) is 199. The van der Waals surface area contributed by atoms with Crippen molar-refractivity contribution in [1.82, 2.24) is 87.2 Å². The smallest absolute Gasteiger partial charge is 0.387 e. The Bertz CT molecular complexity index is 6850. The number of aliphatic hydroxyl groups excluding tert-OH is 1. The minimum atomic E-state index is -5.89. The summed E-state index contributed by atoms with van der Waals surface area (Å²) >= 11 is 23.0. The molecule has 9 aromatic rings. The predicted octanol–water partition coefficient (Wildman–Crippen LogP) is -2.62. The minimum Gasteiger partial charge on any atom is -0.387 e. The normalized spacial score (nSPS) is 29.0. The fourth-order valence-corrected chi connectivity index (χ4v) is 23.6. The molecule has 28 atom stereocenters. The standard InChI is InChI=1S/C76H109N22O40P5S4/c1-10-37-38(21-44(128-37)96-31-84-46-61(96)87-72(79)89-65(46)102)134-140(109,144)125-28-43-52(57(122-20-15-117-9)71(133-43)98-33-85-47-62(98)88-73(80)90-66(47)103)138-142(111,146)126-27-41-49(54(119-17-12-114-6)70(132-41)97-32-83-45-59(78)81-30-82-60(45)97)135-139(107,108)123-26-40-50(55(120-18-13-115-7)68(130-40)94-23-35(3)63(100)91-75(94)105)136-143(112,147)127-29-42-51(56(121-19-14-116-8)69(131-42)95-24-36(4)64(101)92-76(95)106)137-141(110,145)124-25-39-48(99)53(118-16-11-113-5)67(129-39)93-22-34(2)58(77)86-74(93)104/h22-24,30-33,37-44,48-57,67-71,99H,10-21,25-29H2,1-9H3,(H,107,108)(H,109,144)(H,110,145)(H,111,146)(H,112,147)(H2,77,86,104)(H2,78,81,82)(H,91,100,105)(H,92,101,106)(H3,79,87,89,102)(H3,80,88,90,103)/t37-,38?,39-,40-,41-,42-,43-,44-,48?,49?,50?,51?,52?,53+,54+,55+,56+,57+,67-,68-,69-,70-,71-,140?,141?,142?,143?/m1/s1. The molecular weight excluding hydrogens is 2140 g/mol. The van der Waals surface area contributed by atoms with E-state index in [0.29, 0.717) is 12.0 Å². The van der Waals surface area contributed by atoms with Crippen molar-refractivity contribution >= 4 is 139 Å². The summed E-state index contributed by atoms with van der Waals surface area (Å²) in [5, 5.41) is 11.8. The van der Waals surface area contributed by atoms with Crippen LogP contribution in [0.1, 0.15) is 73.8 Å². The summed E-state index contributed by atoms with van der Waals surface area (Å²) in [5.41, 5.74) is 18.1. The minimum absolute atomic E-state index is 0.00380. The zero-order valence-corrected chi connectivity index (χ0v) is 87.1. The van der Waals surface area contributed by atoms with Gasteiger partial charge in [-0.1, -0.05) is 6.92 Å². The number of nitrogens with two attached hydrogens (primary N) is 4. The summed E-state index contributed by atoms with van der Waals surface area (Å²) in [7, 11) is 0.867. The molecule has 0 aliphatic carbocycles. The molecule has 6 saturated heterocycles. The van der Waals surface area contributed by atoms with Gasteiger partial charge >= 0.3 is 51.8 Å². The van der Waals surface area contributed by atoms with Gasteiger partial charge in [0.25, 0.3) is 22.2 Å². The Kier molecular flexibility index (Phi) is 37.5. The lowest BCUT2D eigenvalue weighted by atomic mass is 10.1. The average molecular weight is 2250 g/mol. The van der Waals surface area contributed by atoms with E-state index < -0.39 is 248 Å². The number of aromatic amines is 4. The Labute approximate surface area is 849 Å². The van der Waals surface area contributed by atoms with E-state index in [4.69, 9.17) is 191 Å². The molecule has 11 unspecified atom stereocenters. The van der Waals surface area contributed by atoms with Crippen LogP contribution in [-0.4, -0.2) is 355 Å². The molecule has 15 rings (SSSR count). The zero-order valence-electron chi connectivity index (χ0n) is 79.3. The number of nitrogens with zero attached hydrogens (tertiary/aromatic N) is 14. The molecule has 0 spiro atoms. The van der Waals surface area contributed by atoms with Gasteiger partial charge in [-0.15, -0.1) is 0 Å². The fraction of sp³-hybridized carbons (Fsp3) is 0.645. The largest absolute Gasteiger partial charge is 0.472 e. The van der Waals surface area contributed by atoms with E-state index >= 15 is 4.57 Å². The summed E-state index contributed by atoms with van der Waals surface area (Å²) < 4.78 is 181. The van der Waals surface area contributed by atoms with Gasteiger partial charge in [0.05, 0.1) is 130 Å². The number of nitrogens with one attached hydrogen (secondary N) is 4. The van der Waals surface area contributed by atoms with Gasteiger partial charge in [-0.2, -0.15) is 15.0 Å². The Morgan fingerprint density at radius 2 is 0.748 bits per heavy atom. The molecule has 0 radical (unpaired) electrons. The monoisotopic (exact) mass is 2250 g/mol. The second kappa shape index (κ2) is 48.7. The Morgan fingerprint density at radius 1 is 0.388 bits per heavy atom. The van der Waals surface area contributed by atoms with Gasteiger partial charge in [-0.05, 0) is 74.4 Å². The number of aryl methyl sites for hydroxylation is 3. The van der Waals surface area contributed by atoms with Crippen molar-refractivity contribution in [2.45, 2.75) is 182 Å². The number of ether oxygens (including phenoxy) is 16. The molecule has 6 aliphatic heterocycles. The van der Waals surface area contributed by atoms with Crippen LogP contribution in [0.15, 0.2) is 77.5 Å². The van der Waals surface area contributed by atoms with E-state index in [9.17, 15) is 63.1 Å². The third-order valence-electron chi connectivity index (χ3n) is 23.8. The number of phosphoric acid groups is 1. The molecule has 71 heteroatoms. The molecule has 18 N–H and O–H groups in total. The number of aliphatic hydroxyl groups is 1. The van der Waals surface area contributed by atoms with Crippen LogP contribution in [0.3, 0.4) is 0 Å². The maximum atomic E-state index is 15.5.